The second-order valence-corrected chi connectivity index (χ2v) is 3.23. The van der Waals surface area contributed by atoms with Gasteiger partial charge in [0, 0.05) is 18.8 Å². The molecule has 70 valence electrons. The van der Waals surface area contributed by atoms with Crippen LogP contribution >= 0.6 is 0 Å². The number of nitrogens with one attached hydrogen (secondary N) is 1. The smallest absolute Gasteiger partial charge is 0.223 e. The van der Waals surface area contributed by atoms with Gasteiger partial charge >= 0.3 is 0 Å². The molecule has 1 fully saturated rings. The zero-order chi connectivity index (χ0) is 9.68. The van der Waals surface area contributed by atoms with Crippen LogP contribution in [-0.4, -0.2) is 18.2 Å². The lowest BCUT2D eigenvalue weighted by atomic mass is 9.88. The molecule has 0 bridgehead atoms. The zero-order valence-corrected chi connectivity index (χ0v) is 7.51. The largest absolute Gasteiger partial charge is 0.345 e. The quantitative estimate of drug-likeness (QED) is 0.627. The fraction of sp³-hybridized carbons (Fsp3) is 0.600. The van der Waals surface area contributed by atoms with Crippen LogP contribution in [0.2, 0.25) is 0 Å². The average molecular weight is 179 g/mol. The SMILES string of the molecule is C#CCNC(=O)C1CCC(=O)CC1. The van der Waals surface area contributed by atoms with Gasteiger partial charge in [0.2, 0.25) is 5.91 Å². The first-order valence-electron chi connectivity index (χ1n) is 4.47. The molecule has 3 heteroatoms. The molecule has 3 nitrogen and oxygen atoms in total. The van der Waals surface area contributed by atoms with E-state index in [1.54, 1.807) is 0 Å². The number of Topliss-reactive ketones (excluding diaryl/α,β-unsaturated/α-hetero) is 1. The summed E-state index contributed by atoms with van der Waals surface area (Å²) >= 11 is 0. The first kappa shape index (κ1) is 9.79. The highest BCUT2D eigenvalue weighted by molar-refractivity contribution is 5.84. The predicted octanol–water partition coefficient (Wildman–Crippen LogP) is 0.495. The molecule has 0 aliphatic heterocycles. The lowest BCUT2D eigenvalue weighted by molar-refractivity contribution is -0.128. The van der Waals surface area contributed by atoms with E-state index in [1.807, 2.05) is 0 Å². The van der Waals surface area contributed by atoms with Gasteiger partial charge in [-0.15, -0.1) is 6.42 Å². The molecule has 0 spiro atoms. The van der Waals surface area contributed by atoms with Crippen LogP contribution in [-0.2, 0) is 9.59 Å². The summed E-state index contributed by atoms with van der Waals surface area (Å²) in [4.78, 5) is 22.2. The third-order valence-corrected chi connectivity index (χ3v) is 2.28. The number of terminal acetylenes is 1. The normalized spacial score (nSPS) is 17.9. The van der Waals surface area contributed by atoms with Crippen molar-refractivity contribution in [3.05, 3.63) is 0 Å². The number of ketones is 1. The summed E-state index contributed by atoms with van der Waals surface area (Å²) in [5.41, 5.74) is 0. The fourth-order valence-electron chi connectivity index (χ4n) is 1.48. The molecule has 0 aromatic heterocycles. The summed E-state index contributed by atoms with van der Waals surface area (Å²) in [6, 6.07) is 0. The zero-order valence-electron chi connectivity index (χ0n) is 7.51. The molecule has 1 amide bonds. The third-order valence-electron chi connectivity index (χ3n) is 2.28. The molecule has 0 aromatic rings. The van der Waals surface area contributed by atoms with E-state index in [-0.39, 0.29) is 24.2 Å². The molecule has 0 atom stereocenters. The Balaban J connectivity index is 2.32. The Morgan fingerprint density at radius 3 is 2.69 bits per heavy atom. The van der Waals surface area contributed by atoms with Gasteiger partial charge < -0.3 is 5.32 Å². The number of carbonyl (C=O) groups excluding carboxylic acids is 2. The molecular formula is C10H13NO2. The van der Waals surface area contributed by atoms with Crippen molar-refractivity contribution in [2.24, 2.45) is 5.92 Å². The van der Waals surface area contributed by atoms with Gasteiger partial charge in [0.1, 0.15) is 5.78 Å². The van der Waals surface area contributed by atoms with E-state index < -0.39 is 0 Å². The second kappa shape index (κ2) is 4.66. The Labute approximate surface area is 77.9 Å². The van der Waals surface area contributed by atoms with Crippen LogP contribution in [0.5, 0.6) is 0 Å². The summed E-state index contributed by atoms with van der Waals surface area (Å²) in [5.74, 6) is 2.60. The average Bonchev–Trinajstić information content (AvgIpc) is 2.15. The third kappa shape index (κ3) is 2.90. The molecule has 0 saturated heterocycles. The minimum absolute atomic E-state index is 0.00829. The molecule has 0 heterocycles. The minimum Gasteiger partial charge on any atom is -0.345 e. The molecule has 1 aliphatic rings. The summed E-state index contributed by atoms with van der Waals surface area (Å²) in [6.07, 6.45) is 7.43. The number of rotatable bonds is 2. The van der Waals surface area contributed by atoms with Crippen LogP contribution in [0, 0.1) is 18.3 Å². The Morgan fingerprint density at radius 1 is 1.54 bits per heavy atom. The van der Waals surface area contributed by atoms with E-state index in [2.05, 4.69) is 11.2 Å². The summed E-state index contributed by atoms with van der Waals surface area (Å²) in [6.45, 7) is 0.281. The molecular weight excluding hydrogens is 166 g/mol. The summed E-state index contributed by atoms with van der Waals surface area (Å²) in [7, 11) is 0. The van der Waals surface area contributed by atoms with Crippen molar-refractivity contribution in [2.75, 3.05) is 6.54 Å². The summed E-state index contributed by atoms with van der Waals surface area (Å²) < 4.78 is 0. The number of hydrogen-bond donors (Lipinski definition) is 1. The molecule has 0 aromatic carbocycles. The first-order chi connectivity index (χ1) is 6.24. The summed E-state index contributed by atoms with van der Waals surface area (Å²) in [5, 5.41) is 2.63. The maximum absolute atomic E-state index is 11.3. The van der Waals surface area contributed by atoms with Crippen molar-refractivity contribution >= 4 is 11.7 Å². The Bertz CT molecular complexity index is 242. The Hall–Kier alpha value is -1.30. The van der Waals surface area contributed by atoms with Gasteiger partial charge in [-0.05, 0) is 12.8 Å². The Morgan fingerprint density at radius 2 is 2.15 bits per heavy atom. The van der Waals surface area contributed by atoms with Crippen LogP contribution < -0.4 is 5.32 Å². The second-order valence-electron chi connectivity index (χ2n) is 3.23. The molecule has 1 rings (SSSR count). The molecule has 0 unspecified atom stereocenters. The first-order valence-corrected chi connectivity index (χ1v) is 4.47. The molecule has 1 N–H and O–H groups in total. The monoisotopic (exact) mass is 179 g/mol. The van der Waals surface area contributed by atoms with Crippen LogP contribution in [0.15, 0.2) is 0 Å². The van der Waals surface area contributed by atoms with Gasteiger partial charge in [-0.3, -0.25) is 9.59 Å². The maximum atomic E-state index is 11.3. The van der Waals surface area contributed by atoms with Gasteiger partial charge in [-0.2, -0.15) is 0 Å². The highest BCUT2D eigenvalue weighted by Crippen LogP contribution is 2.21. The van der Waals surface area contributed by atoms with E-state index in [9.17, 15) is 9.59 Å². The van der Waals surface area contributed by atoms with Gasteiger partial charge in [-0.25, -0.2) is 0 Å². The van der Waals surface area contributed by atoms with Crippen molar-refractivity contribution < 1.29 is 9.59 Å². The van der Waals surface area contributed by atoms with Gasteiger partial charge in [0.15, 0.2) is 0 Å². The minimum atomic E-state index is -0.00884. The van der Waals surface area contributed by atoms with Gasteiger partial charge in [0.05, 0.1) is 6.54 Å². The molecule has 13 heavy (non-hydrogen) atoms. The molecule has 1 aliphatic carbocycles. The van der Waals surface area contributed by atoms with E-state index >= 15 is 0 Å². The van der Waals surface area contributed by atoms with E-state index in [0.29, 0.717) is 25.7 Å². The van der Waals surface area contributed by atoms with Gasteiger partial charge in [-0.1, -0.05) is 5.92 Å². The highest BCUT2D eigenvalue weighted by Gasteiger charge is 2.23. The molecule has 0 radical (unpaired) electrons. The van der Waals surface area contributed by atoms with Crippen molar-refractivity contribution in [3.63, 3.8) is 0 Å². The van der Waals surface area contributed by atoms with Crippen molar-refractivity contribution in [2.45, 2.75) is 25.7 Å². The van der Waals surface area contributed by atoms with Crippen LogP contribution in [0.3, 0.4) is 0 Å². The lowest BCUT2D eigenvalue weighted by Gasteiger charge is -2.19. The lowest BCUT2D eigenvalue weighted by Crippen LogP contribution is -2.33. The van der Waals surface area contributed by atoms with Crippen molar-refractivity contribution in [1.82, 2.24) is 5.32 Å². The molecule has 1 saturated carbocycles. The topological polar surface area (TPSA) is 46.2 Å². The highest BCUT2D eigenvalue weighted by atomic mass is 16.2. The van der Waals surface area contributed by atoms with Crippen molar-refractivity contribution in [3.8, 4) is 12.3 Å². The predicted molar refractivity (Wildman–Crippen MR) is 48.8 cm³/mol. The maximum Gasteiger partial charge on any atom is 0.223 e. The number of hydrogen-bond acceptors (Lipinski definition) is 2. The van der Waals surface area contributed by atoms with E-state index in [1.165, 1.54) is 0 Å². The van der Waals surface area contributed by atoms with Crippen LogP contribution in [0.1, 0.15) is 25.7 Å². The van der Waals surface area contributed by atoms with E-state index in [4.69, 9.17) is 6.42 Å². The number of carbonyl (C=O) groups is 2. The Kier molecular flexibility index (Phi) is 3.51. The van der Waals surface area contributed by atoms with Crippen LogP contribution in [0.4, 0.5) is 0 Å². The van der Waals surface area contributed by atoms with E-state index in [0.717, 1.165) is 0 Å². The van der Waals surface area contributed by atoms with Crippen LogP contribution in [0.25, 0.3) is 0 Å². The standard InChI is InChI=1S/C10H13NO2/c1-2-7-11-10(13)8-3-5-9(12)6-4-8/h1,8H,3-7H2,(H,11,13). The number of amides is 1. The van der Waals surface area contributed by atoms with Gasteiger partial charge in [0.25, 0.3) is 0 Å². The fourth-order valence-corrected chi connectivity index (χ4v) is 1.48. The van der Waals surface area contributed by atoms with Crippen molar-refractivity contribution in [1.29, 1.82) is 0 Å².